The van der Waals surface area contributed by atoms with E-state index in [4.69, 9.17) is 17.3 Å². The molecule has 8 heteroatoms. The Morgan fingerprint density at radius 2 is 1.86 bits per heavy atom. The van der Waals surface area contributed by atoms with Crippen molar-refractivity contribution in [2.24, 2.45) is 5.73 Å². The van der Waals surface area contributed by atoms with E-state index < -0.39 is 15.8 Å². The van der Waals surface area contributed by atoms with E-state index in [0.29, 0.717) is 12.8 Å². The molecule has 0 radical (unpaired) electrons. The Kier molecular flexibility index (Phi) is 6.43. The molecule has 0 spiro atoms. The lowest BCUT2D eigenvalue weighted by molar-refractivity contribution is 0.373. The standard InChI is InChI=1S/C13H18ClFN2O2S.ClH/c1-8-6-13(11(14)7-12(8)15)20(18,19)17-10-4-2-9(16)3-5-10;/h6-7,9-10,17H,2-5,16H2,1H3;1H. The molecule has 1 aliphatic rings. The van der Waals surface area contributed by atoms with Gasteiger partial charge in [-0.2, -0.15) is 0 Å². The van der Waals surface area contributed by atoms with Gasteiger partial charge < -0.3 is 5.73 Å². The molecule has 1 aromatic carbocycles. The summed E-state index contributed by atoms with van der Waals surface area (Å²) in [6, 6.07) is 2.30. The molecule has 4 nitrogen and oxygen atoms in total. The van der Waals surface area contributed by atoms with Gasteiger partial charge in [0, 0.05) is 12.1 Å². The van der Waals surface area contributed by atoms with Gasteiger partial charge in [0.05, 0.1) is 5.02 Å². The highest BCUT2D eigenvalue weighted by Gasteiger charge is 2.26. The van der Waals surface area contributed by atoms with E-state index in [1.165, 1.54) is 13.0 Å². The highest BCUT2D eigenvalue weighted by molar-refractivity contribution is 7.89. The Morgan fingerprint density at radius 1 is 1.29 bits per heavy atom. The van der Waals surface area contributed by atoms with Crippen LogP contribution in [-0.2, 0) is 10.0 Å². The first-order valence-electron chi connectivity index (χ1n) is 6.53. The first-order chi connectivity index (χ1) is 9.29. The number of nitrogens with one attached hydrogen (secondary N) is 1. The third-order valence-electron chi connectivity index (χ3n) is 3.60. The van der Waals surface area contributed by atoms with Crippen molar-refractivity contribution in [2.45, 2.75) is 49.6 Å². The van der Waals surface area contributed by atoms with Crippen molar-refractivity contribution in [3.63, 3.8) is 0 Å². The van der Waals surface area contributed by atoms with Gasteiger partial charge in [0.15, 0.2) is 0 Å². The van der Waals surface area contributed by atoms with Crippen molar-refractivity contribution >= 4 is 34.0 Å². The zero-order valence-electron chi connectivity index (χ0n) is 11.6. The highest BCUT2D eigenvalue weighted by atomic mass is 35.5. The van der Waals surface area contributed by atoms with Crippen LogP contribution in [0.2, 0.25) is 5.02 Å². The molecule has 120 valence electrons. The molecule has 1 fully saturated rings. The minimum atomic E-state index is -3.74. The maximum absolute atomic E-state index is 13.3. The third kappa shape index (κ3) is 4.53. The molecule has 0 heterocycles. The summed E-state index contributed by atoms with van der Waals surface area (Å²) in [6.45, 7) is 1.50. The van der Waals surface area contributed by atoms with Crippen molar-refractivity contribution in [1.29, 1.82) is 0 Å². The SMILES string of the molecule is Cc1cc(S(=O)(=O)NC2CCC(N)CC2)c(Cl)cc1F.Cl. The van der Waals surface area contributed by atoms with Crippen molar-refractivity contribution < 1.29 is 12.8 Å². The van der Waals surface area contributed by atoms with E-state index in [1.807, 2.05) is 0 Å². The van der Waals surface area contributed by atoms with E-state index in [-0.39, 0.29) is 40.0 Å². The molecule has 0 aromatic heterocycles. The summed E-state index contributed by atoms with van der Waals surface area (Å²) in [5.74, 6) is -0.516. The summed E-state index contributed by atoms with van der Waals surface area (Å²) in [5, 5.41) is -0.104. The Hall–Kier alpha value is -0.400. The number of nitrogens with two attached hydrogens (primary N) is 1. The molecule has 21 heavy (non-hydrogen) atoms. The molecule has 0 atom stereocenters. The Balaban J connectivity index is 0.00000220. The molecule has 0 saturated heterocycles. The van der Waals surface area contributed by atoms with Gasteiger partial charge >= 0.3 is 0 Å². The topological polar surface area (TPSA) is 72.2 Å². The van der Waals surface area contributed by atoms with E-state index in [2.05, 4.69) is 4.72 Å². The van der Waals surface area contributed by atoms with Crippen LogP contribution in [0.4, 0.5) is 4.39 Å². The lowest BCUT2D eigenvalue weighted by Crippen LogP contribution is -2.40. The summed E-state index contributed by atoms with van der Waals surface area (Å²) in [5.41, 5.74) is 6.04. The first kappa shape index (κ1) is 18.6. The zero-order chi connectivity index (χ0) is 14.9. The number of sulfonamides is 1. The van der Waals surface area contributed by atoms with Gasteiger partial charge in [-0.05, 0) is 50.3 Å². The number of rotatable bonds is 3. The van der Waals surface area contributed by atoms with Crippen molar-refractivity contribution in [3.05, 3.63) is 28.5 Å². The Labute approximate surface area is 135 Å². The van der Waals surface area contributed by atoms with Crippen LogP contribution in [0.15, 0.2) is 17.0 Å². The van der Waals surface area contributed by atoms with Crippen LogP contribution in [0.1, 0.15) is 31.2 Å². The quantitative estimate of drug-likeness (QED) is 0.874. The monoisotopic (exact) mass is 356 g/mol. The fourth-order valence-electron chi connectivity index (χ4n) is 2.36. The van der Waals surface area contributed by atoms with Crippen LogP contribution in [0.5, 0.6) is 0 Å². The van der Waals surface area contributed by atoms with E-state index in [0.717, 1.165) is 18.9 Å². The second-order valence-electron chi connectivity index (χ2n) is 5.26. The predicted octanol–water partition coefficient (Wildman–Crippen LogP) is 2.76. The van der Waals surface area contributed by atoms with Crippen LogP contribution in [0.25, 0.3) is 0 Å². The van der Waals surface area contributed by atoms with Crippen LogP contribution in [0, 0.1) is 12.7 Å². The normalized spacial score (nSPS) is 22.7. The number of hydrogen-bond acceptors (Lipinski definition) is 3. The van der Waals surface area contributed by atoms with E-state index >= 15 is 0 Å². The van der Waals surface area contributed by atoms with Gasteiger partial charge in [0.1, 0.15) is 10.7 Å². The second kappa shape index (κ2) is 7.24. The largest absolute Gasteiger partial charge is 0.328 e. The molecule has 2 rings (SSSR count). The van der Waals surface area contributed by atoms with Gasteiger partial charge in [0.25, 0.3) is 0 Å². The van der Waals surface area contributed by atoms with E-state index in [9.17, 15) is 12.8 Å². The molecule has 1 saturated carbocycles. The number of hydrogen-bond donors (Lipinski definition) is 2. The van der Waals surface area contributed by atoms with Crippen molar-refractivity contribution in [1.82, 2.24) is 4.72 Å². The van der Waals surface area contributed by atoms with Crippen LogP contribution >= 0.6 is 24.0 Å². The minimum absolute atomic E-state index is 0. The Morgan fingerprint density at radius 3 is 2.43 bits per heavy atom. The zero-order valence-corrected chi connectivity index (χ0v) is 14.0. The molecule has 0 amide bonds. The highest BCUT2D eigenvalue weighted by Crippen LogP contribution is 2.26. The van der Waals surface area contributed by atoms with Crippen LogP contribution < -0.4 is 10.5 Å². The minimum Gasteiger partial charge on any atom is -0.328 e. The smallest absolute Gasteiger partial charge is 0.242 e. The second-order valence-corrected chi connectivity index (χ2v) is 7.35. The fraction of sp³-hybridized carbons (Fsp3) is 0.538. The van der Waals surface area contributed by atoms with Crippen LogP contribution in [0.3, 0.4) is 0 Å². The van der Waals surface area contributed by atoms with Crippen molar-refractivity contribution in [2.75, 3.05) is 0 Å². The van der Waals surface area contributed by atoms with Gasteiger partial charge in [0.2, 0.25) is 10.0 Å². The lowest BCUT2D eigenvalue weighted by atomic mass is 9.93. The van der Waals surface area contributed by atoms with E-state index in [1.54, 1.807) is 0 Å². The molecule has 0 aliphatic heterocycles. The van der Waals surface area contributed by atoms with Gasteiger partial charge in [-0.25, -0.2) is 17.5 Å². The average molecular weight is 357 g/mol. The lowest BCUT2D eigenvalue weighted by Gasteiger charge is -2.26. The molecule has 1 aromatic rings. The maximum Gasteiger partial charge on any atom is 0.242 e. The van der Waals surface area contributed by atoms with Crippen molar-refractivity contribution in [3.8, 4) is 0 Å². The predicted molar refractivity (Wildman–Crippen MR) is 83.9 cm³/mol. The molecule has 1 aliphatic carbocycles. The van der Waals surface area contributed by atoms with Gasteiger partial charge in [-0.15, -0.1) is 12.4 Å². The first-order valence-corrected chi connectivity index (χ1v) is 8.39. The molecule has 0 bridgehead atoms. The molecular weight excluding hydrogens is 338 g/mol. The molecule has 0 unspecified atom stereocenters. The summed E-state index contributed by atoms with van der Waals surface area (Å²) in [6.07, 6.45) is 3.00. The number of halogens is 3. The molecule has 3 N–H and O–H groups in total. The maximum atomic E-state index is 13.3. The summed E-state index contributed by atoms with van der Waals surface area (Å²) < 4.78 is 40.6. The fourth-order valence-corrected chi connectivity index (χ4v) is 4.26. The average Bonchev–Trinajstić information content (AvgIpc) is 2.36. The summed E-state index contributed by atoms with van der Waals surface area (Å²) in [4.78, 5) is -0.0760. The Bertz CT molecular complexity index is 602. The third-order valence-corrected chi connectivity index (χ3v) is 5.58. The summed E-state index contributed by atoms with van der Waals surface area (Å²) >= 11 is 5.85. The van der Waals surface area contributed by atoms with Crippen LogP contribution in [-0.4, -0.2) is 20.5 Å². The summed E-state index contributed by atoms with van der Waals surface area (Å²) in [7, 11) is -3.74. The molecular formula is C13H19Cl2FN2O2S. The number of benzene rings is 1. The van der Waals surface area contributed by atoms with Gasteiger partial charge in [-0.3, -0.25) is 0 Å². The van der Waals surface area contributed by atoms with Gasteiger partial charge in [-0.1, -0.05) is 11.6 Å². The number of aryl methyl sites for hydroxylation is 1.